The van der Waals surface area contributed by atoms with E-state index in [1.807, 2.05) is 18.2 Å². The lowest BCUT2D eigenvalue weighted by atomic mass is 10.0. The molecule has 1 aromatic heterocycles. The van der Waals surface area contributed by atoms with Crippen molar-refractivity contribution in [1.82, 2.24) is 4.98 Å². The zero-order valence-corrected chi connectivity index (χ0v) is 11.6. The summed E-state index contributed by atoms with van der Waals surface area (Å²) < 4.78 is 5.23. The van der Waals surface area contributed by atoms with Crippen molar-refractivity contribution in [1.29, 1.82) is 0 Å². The van der Waals surface area contributed by atoms with Crippen LogP contribution in [-0.4, -0.2) is 18.6 Å². The quantitative estimate of drug-likeness (QED) is 0.794. The van der Waals surface area contributed by atoms with Gasteiger partial charge in [-0.15, -0.1) is 0 Å². The van der Waals surface area contributed by atoms with Gasteiger partial charge in [0.05, 0.1) is 18.8 Å². The highest BCUT2D eigenvalue weighted by atomic mass is 16.5. The number of pyridine rings is 1. The van der Waals surface area contributed by atoms with Gasteiger partial charge in [-0.2, -0.15) is 0 Å². The largest absolute Gasteiger partial charge is 0.481 e. The van der Waals surface area contributed by atoms with E-state index < -0.39 is 0 Å². The lowest BCUT2D eigenvalue weighted by Gasteiger charge is -2.34. The number of methoxy groups -OCH3 is 1. The molecule has 3 rings (SSSR count). The second-order valence-electron chi connectivity index (χ2n) is 4.80. The summed E-state index contributed by atoms with van der Waals surface area (Å²) in [5.74, 6) is 0.662. The van der Waals surface area contributed by atoms with Gasteiger partial charge in [0.1, 0.15) is 0 Å². The monoisotopic (exact) mass is 266 g/mol. The fraction of sp³-hybridized carbons (Fsp3) is 0.235. The smallest absolute Gasteiger partial charge is 0.213 e. The van der Waals surface area contributed by atoms with E-state index in [1.54, 1.807) is 7.11 Å². The summed E-state index contributed by atoms with van der Waals surface area (Å²) in [6.45, 7) is 1.00. The van der Waals surface area contributed by atoms with E-state index in [9.17, 15) is 0 Å². The van der Waals surface area contributed by atoms with E-state index in [0.29, 0.717) is 5.88 Å². The van der Waals surface area contributed by atoms with Crippen molar-refractivity contribution in [2.45, 2.75) is 12.5 Å². The van der Waals surface area contributed by atoms with Crippen molar-refractivity contribution in [3.05, 3.63) is 66.4 Å². The van der Waals surface area contributed by atoms with E-state index in [4.69, 9.17) is 4.74 Å². The molecule has 0 saturated heterocycles. The molecule has 0 N–H and O–H groups in total. The normalized spacial score (nSPS) is 18.1. The van der Waals surface area contributed by atoms with E-state index in [1.165, 1.54) is 5.69 Å². The predicted octanol–water partition coefficient (Wildman–Crippen LogP) is 3.60. The Bertz CT molecular complexity index is 595. The van der Waals surface area contributed by atoms with Gasteiger partial charge >= 0.3 is 0 Å². The number of ether oxygens (including phenoxy) is 1. The average molecular weight is 266 g/mol. The third-order valence-electron chi connectivity index (χ3n) is 3.54. The molecule has 0 fully saturated rings. The molecule has 1 atom stereocenters. The maximum absolute atomic E-state index is 5.23. The molecule has 0 radical (unpaired) electrons. The van der Waals surface area contributed by atoms with Crippen LogP contribution in [0.3, 0.4) is 0 Å². The fourth-order valence-electron chi connectivity index (χ4n) is 2.56. The molecule has 0 saturated carbocycles. The van der Waals surface area contributed by atoms with Crippen molar-refractivity contribution in [2.24, 2.45) is 0 Å². The minimum absolute atomic E-state index is 0.168. The van der Waals surface area contributed by atoms with Gasteiger partial charge in [-0.25, -0.2) is 4.98 Å². The van der Waals surface area contributed by atoms with Gasteiger partial charge in [0.25, 0.3) is 0 Å². The molecule has 3 nitrogen and oxygen atoms in total. The summed E-state index contributed by atoms with van der Waals surface area (Å²) in [6, 6.07) is 16.6. The molecule has 1 aliphatic rings. The number of hydrogen-bond donors (Lipinski definition) is 0. The molecule has 0 aliphatic carbocycles. The first-order valence-corrected chi connectivity index (χ1v) is 6.88. The number of rotatable bonds is 3. The summed E-state index contributed by atoms with van der Waals surface area (Å²) in [5.41, 5.74) is 2.25. The standard InChI is InChI=1S/C17H18N2O/c1-20-17-12-7-10-15(18-17)16-11-5-6-13-19(16)14-8-3-2-4-9-14/h2-5,7-12,16H,6,13H2,1H3. The molecule has 2 heterocycles. The lowest BCUT2D eigenvalue weighted by molar-refractivity contribution is 0.395. The number of anilines is 1. The Balaban J connectivity index is 1.96. The number of para-hydroxylation sites is 1. The number of nitrogens with zero attached hydrogens (tertiary/aromatic N) is 2. The van der Waals surface area contributed by atoms with Crippen molar-refractivity contribution < 1.29 is 4.74 Å². The van der Waals surface area contributed by atoms with Gasteiger partial charge in [0, 0.05) is 18.3 Å². The first kappa shape index (κ1) is 12.7. The fourth-order valence-corrected chi connectivity index (χ4v) is 2.56. The zero-order chi connectivity index (χ0) is 13.8. The van der Waals surface area contributed by atoms with Crippen LogP contribution in [0.4, 0.5) is 5.69 Å². The van der Waals surface area contributed by atoms with Gasteiger partial charge in [0.2, 0.25) is 5.88 Å². The molecule has 0 spiro atoms. The molecular weight excluding hydrogens is 248 g/mol. The Labute approximate surface area is 119 Å². The van der Waals surface area contributed by atoms with Gasteiger partial charge in [-0.1, -0.05) is 36.4 Å². The Hall–Kier alpha value is -2.29. The van der Waals surface area contributed by atoms with Crippen LogP contribution in [0.25, 0.3) is 0 Å². The minimum Gasteiger partial charge on any atom is -0.481 e. The van der Waals surface area contributed by atoms with Crippen LogP contribution < -0.4 is 9.64 Å². The Kier molecular flexibility index (Phi) is 3.68. The molecule has 1 aliphatic heterocycles. The SMILES string of the molecule is COc1cccc(C2C=CCCN2c2ccccc2)n1. The zero-order valence-electron chi connectivity index (χ0n) is 11.6. The number of aromatic nitrogens is 1. The van der Waals surface area contributed by atoms with Crippen LogP contribution in [0.15, 0.2) is 60.7 Å². The summed E-state index contributed by atoms with van der Waals surface area (Å²) >= 11 is 0. The maximum atomic E-state index is 5.23. The highest BCUT2D eigenvalue weighted by molar-refractivity contribution is 5.50. The van der Waals surface area contributed by atoms with E-state index in [-0.39, 0.29) is 6.04 Å². The van der Waals surface area contributed by atoms with Crippen LogP contribution >= 0.6 is 0 Å². The van der Waals surface area contributed by atoms with E-state index in [2.05, 4.69) is 52.4 Å². The van der Waals surface area contributed by atoms with E-state index >= 15 is 0 Å². The Morgan fingerprint density at radius 1 is 1.10 bits per heavy atom. The molecule has 0 bridgehead atoms. The maximum Gasteiger partial charge on any atom is 0.213 e. The number of hydrogen-bond acceptors (Lipinski definition) is 3. The molecule has 102 valence electrons. The van der Waals surface area contributed by atoms with Crippen LogP contribution in [0.1, 0.15) is 18.2 Å². The van der Waals surface area contributed by atoms with Crippen LogP contribution in [0.5, 0.6) is 5.88 Å². The van der Waals surface area contributed by atoms with Crippen molar-refractivity contribution in [3.63, 3.8) is 0 Å². The van der Waals surface area contributed by atoms with Gasteiger partial charge in [-0.05, 0) is 24.6 Å². The highest BCUT2D eigenvalue weighted by Crippen LogP contribution is 2.30. The molecule has 3 heteroatoms. The molecule has 0 amide bonds. The summed E-state index contributed by atoms with van der Waals surface area (Å²) in [7, 11) is 1.65. The first-order valence-electron chi connectivity index (χ1n) is 6.88. The molecule has 2 aromatic rings. The predicted molar refractivity (Wildman–Crippen MR) is 81.1 cm³/mol. The molecule has 1 unspecified atom stereocenters. The van der Waals surface area contributed by atoms with Crippen molar-refractivity contribution >= 4 is 5.69 Å². The highest BCUT2D eigenvalue weighted by Gasteiger charge is 2.22. The topological polar surface area (TPSA) is 25.4 Å². The third-order valence-corrected chi connectivity index (χ3v) is 3.54. The lowest BCUT2D eigenvalue weighted by Crippen LogP contribution is -2.31. The molecule has 20 heavy (non-hydrogen) atoms. The minimum atomic E-state index is 0.168. The van der Waals surface area contributed by atoms with Crippen LogP contribution in [-0.2, 0) is 0 Å². The first-order chi connectivity index (χ1) is 9.88. The Morgan fingerprint density at radius 3 is 2.75 bits per heavy atom. The average Bonchev–Trinajstić information content (AvgIpc) is 2.56. The second-order valence-corrected chi connectivity index (χ2v) is 4.80. The summed E-state index contributed by atoms with van der Waals surface area (Å²) in [4.78, 5) is 6.95. The van der Waals surface area contributed by atoms with Gasteiger partial charge in [0.15, 0.2) is 0 Å². The second kappa shape index (κ2) is 5.78. The number of benzene rings is 1. The van der Waals surface area contributed by atoms with Crippen molar-refractivity contribution in [2.75, 3.05) is 18.6 Å². The Morgan fingerprint density at radius 2 is 1.95 bits per heavy atom. The third kappa shape index (κ3) is 2.52. The van der Waals surface area contributed by atoms with Gasteiger partial charge < -0.3 is 9.64 Å². The van der Waals surface area contributed by atoms with Crippen LogP contribution in [0.2, 0.25) is 0 Å². The summed E-state index contributed by atoms with van der Waals surface area (Å²) in [6.07, 6.45) is 5.51. The molecular formula is C17H18N2O. The summed E-state index contributed by atoms with van der Waals surface area (Å²) in [5, 5.41) is 0. The molecule has 1 aromatic carbocycles. The van der Waals surface area contributed by atoms with Crippen molar-refractivity contribution in [3.8, 4) is 5.88 Å². The van der Waals surface area contributed by atoms with E-state index in [0.717, 1.165) is 18.7 Å². The van der Waals surface area contributed by atoms with Gasteiger partial charge in [-0.3, -0.25) is 0 Å². The van der Waals surface area contributed by atoms with Crippen LogP contribution in [0, 0.1) is 0 Å².